The molecule has 1 aliphatic carbocycles. The van der Waals surface area contributed by atoms with Crippen molar-refractivity contribution in [2.75, 3.05) is 25.3 Å². The van der Waals surface area contributed by atoms with Gasteiger partial charge in [-0.3, -0.25) is 9.59 Å². The Morgan fingerprint density at radius 1 is 1.33 bits per heavy atom. The molecule has 0 bridgehead atoms. The molecular formula is C12H17IO5. The van der Waals surface area contributed by atoms with Crippen LogP contribution < -0.4 is 0 Å². The van der Waals surface area contributed by atoms with Gasteiger partial charge in [-0.25, -0.2) is 0 Å². The van der Waals surface area contributed by atoms with Crippen molar-refractivity contribution in [3.05, 3.63) is 0 Å². The minimum Gasteiger partial charge on any atom is -0.468 e. The molecule has 0 aromatic heterocycles. The van der Waals surface area contributed by atoms with Crippen molar-refractivity contribution in [2.45, 2.75) is 18.9 Å². The highest BCUT2D eigenvalue weighted by Gasteiger charge is 2.65. The molecule has 2 rings (SSSR count). The molecule has 2 aliphatic rings. The van der Waals surface area contributed by atoms with Gasteiger partial charge in [-0.2, -0.15) is 0 Å². The van der Waals surface area contributed by atoms with E-state index in [2.05, 4.69) is 22.6 Å². The van der Waals surface area contributed by atoms with Gasteiger partial charge in [-0.1, -0.05) is 22.6 Å². The van der Waals surface area contributed by atoms with Crippen LogP contribution in [0.4, 0.5) is 0 Å². The van der Waals surface area contributed by atoms with E-state index in [1.165, 1.54) is 14.2 Å². The monoisotopic (exact) mass is 368 g/mol. The smallest absolute Gasteiger partial charge is 0.323 e. The van der Waals surface area contributed by atoms with E-state index in [0.29, 0.717) is 19.4 Å². The van der Waals surface area contributed by atoms with Gasteiger partial charge in [-0.15, -0.1) is 0 Å². The van der Waals surface area contributed by atoms with Crippen LogP contribution in [0, 0.1) is 17.3 Å². The van der Waals surface area contributed by atoms with Crippen molar-refractivity contribution < 1.29 is 23.8 Å². The molecule has 2 fully saturated rings. The summed E-state index contributed by atoms with van der Waals surface area (Å²) >= 11 is 2.27. The predicted octanol–water partition coefficient (Wildman–Crippen LogP) is 1.18. The van der Waals surface area contributed by atoms with Crippen LogP contribution in [0.25, 0.3) is 0 Å². The van der Waals surface area contributed by atoms with Crippen LogP contribution in [0.1, 0.15) is 12.8 Å². The zero-order valence-electron chi connectivity index (χ0n) is 10.5. The maximum atomic E-state index is 12.2. The van der Waals surface area contributed by atoms with Gasteiger partial charge in [0.1, 0.15) is 0 Å². The van der Waals surface area contributed by atoms with Gasteiger partial charge in [0.25, 0.3) is 0 Å². The summed E-state index contributed by atoms with van der Waals surface area (Å²) in [7, 11) is 2.63. The minimum atomic E-state index is -1.17. The first-order valence-electron chi connectivity index (χ1n) is 5.96. The Labute approximate surface area is 120 Å². The molecule has 0 N–H and O–H groups in total. The fourth-order valence-electron chi connectivity index (χ4n) is 3.34. The number of alkyl halides is 1. The Morgan fingerprint density at radius 2 is 1.94 bits per heavy atom. The summed E-state index contributed by atoms with van der Waals surface area (Å²) in [4.78, 5) is 24.3. The second kappa shape index (κ2) is 5.32. The number of halogens is 1. The number of ether oxygens (including phenoxy) is 3. The summed E-state index contributed by atoms with van der Waals surface area (Å²) in [5.41, 5.74) is -1.17. The van der Waals surface area contributed by atoms with Gasteiger partial charge in [0.2, 0.25) is 0 Å². The molecule has 6 heteroatoms. The first-order chi connectivity index (χ1) is 8.61. The number of fused-ring (bicyclic) bond motifs is 1. The van der Waals surface area contributed by atoms with Gasteiger partial charge in [0.15, 0.2) is 5.41 Å². The first-order valence-corrected chi connectivity index (χ1v) is 7.48. The molecule has 5 nitrogen and oxygen atoms in total. The number of esters is 2. The molecule has 1 saturated heterocycles. The minimum absolute atomic E-state index is 0.0277. The largest absolute Gasteiger partial charge is 0.468 e. The molecule has 0 amide bonds. The summed E-state index contributed by atoms with van der Waals surface area (Å²) in [6.45, 7) is 0.595. The summed E-state index contributed by atoms with van der Waals surface area (Å²) in [5.74, 6) is -0.877. The summed E-state index contributed by atoms with van der Waals surface area (Å²) in [5, 5.41) is 0. The SMILES string of the molecule is COC(=O)C1(C(=O)OC)C[C@H](CI)[C@@H]2OCC[C@@H]21. The third-order valence-corrected chi connectivity index (χ3v) is 5.25. The third-order valence-electron chi connectivity index (χ3n) is 4.11. The quantitative estimate of drug-likeness (QED) is 0.324. The standard InChI is InChI=1S/C12H17IO5/c1-16-10(14)12(11(15)17-2)5-7(6-13)9-8(12)3-4-18-9/h7-9H,3-6H2,1-2H3/t7-,8+,9+/m1/s1. The van der Waals surface area contributed by atoms with Crippen molar-refractivity contribution >= 4 is 34.5 Å². The van der Waals surface area contributed by atoms with E-state index in [1.807, 2.05) is 0 Å². The highest BCUT2D eigenvalue weighted by atomic mass is 127. The number of hydrogen-bond donors (Lipinski definition) is 0. The molecule has 0 spiro atoms. The van der Waals surface area contributed by atoms with E-state index in [1.54, 1.807) is 0 Å². The van der Waals surface area contributed by atoms with E-state index < -0.39 is 17.4 Å². The average Bonchev–Trinajstić information content (AvgIpc) is 2.97. The normalized spacial score (nSPS) is 32.9. The van der Waals surface area contributed by atoms with Gasteiger partial charge >= 0.3 is 11.9 Å². The Kier molecular flexibility index (Phi) is 4.15. The van der Waals surface area contributed by atoms with Gasteiger partial charge in [0, 0.05) is 17.0 Å². The topological polar surface area (TPSA) is 61.8 Å². The maximum Gasteiger partial charge on any atom is 0.323 e. The highest BCUT2D eigenvalue weighted by molar-refractivity contribution is 14.1. The molecule has 1 aliphatic heterocycles. The number of carbonyl (C=O) groups is 2. The lowest BCUT2D eigenvalue weighted by atomic mass is 9.76. The summed E-state index contributed by atoms with van der Waals surface area (Å²) < 4.78 is 16.3. The van der Waals surface area contributed by atoms with Crippen molar-refractivity contribution in [3.8, 4) is 0 Å². The van der Waals surface area contributed by atoms with Crippen LogP contribution in [0.2, 0.25) is 0 Å². The van der Waals surface area contributed by atoms with Crippen LogP contribution >= 0.6 is 22.6 Å². The van der Waals surface area contributed by atoms with Gasteiger partial charge in [-0.05, 0) is 18.8 Å². The third kappa shape index (κ3) is 1.84. The van der Waals surface area contributed by atoms with Gasteiger partial charge in [0.05, 0.1) is 20.3 Å². The maximum absolute atomic E-state index is 12.2. The Bertz CT molecular complexity index is 340. The van der Waals surface area contributed by atoms with Crippen LogP contribution in [-0.4, -0.2) is 43.3 Å². The van der Waals surface area contributed by atoms with Crippen LogP contribution in [0.5, 0.6) is 0 Å². The van der Waals surface area contributed by atoms with Crippen molar-refractivity contribution in [1.82, 2.24) is 0 Å². The molecule has 0 aromatic carbocycles. The molecule has 102 valence electrons. The second-order valence-electron chi connectivity index (χ2n) is 4.80. The fourth-order valence-corrected chi connectivity index (χ4v) is 4.16. The number of carbonyl (C=O) groups excluding carboxylic acids is 2. The number of rotatable bonds is 3. The summed E-state index contributed by atoms with van der Waals surface area (Å²) in [6, 6.07) is 0. The van der Waals surface area contributed by atoms with Crippen molar-refractivity contribution in [2.24, 2.45) is 17.3 Å². The number of hydrogen-bond acceptors (Lipinski definition) is 5. The molecule has 1 saturated carbocycles. The van der Waals surface area contributed by atoms with Gasteiger partial charge < -0.3 is 14.2 Å². The van der Waals surface area contributed by atoms with Crippen LogP contribution in [0.3, 0.4) is 0 Å². The second-order valence-corrected chi connectivity index (χ2v) is 5.68. The van der Waals surface area contributed by atoms with Crippen molar-refractivity contribution in [1.29, 1.82) is 0 Å². The van der Waals surface area contributed by atoms with E-state index in [9.17, 15) is 9.59 Å². The van der Waals surface area contributed by atoms with E-state index in [4.69, 9.17) is 14.2 Å². The van der Waals surface area contributed by atoms with Crippen LogP contribution in [0.15, 0.2) is 0 Å². The number of methoxy groups -OCH3 is 2. The molecular weight excluding hydrogens is 351 g/mol. The molecule has 3 atom stereocenters. The molecule has 0 radical (unpaired) electrons. The lowest BCUT2D eigenvalue weighted by Gasteiger charge is -2.28. The fraction of sp³-hybridized carbons (Fsp3) is 0.833. The lowest BCUT2D eigenvalue weighted by molar-refractivity contribution is -0.172. The average molecular weight is 368 g/mol. The highest BCUT2D eigenvalue weighted by Crippen LogP contribution is 2.54. The summed E-state index contributed by atoms with van der Waals surface area (Å²) in [6.07, 6.45) is 1.15. The van der Waals surface area contributed by atoms with Crippen molar-refractivity contribution in [3.63, 3.8) is 0 Å². The van der Waals surface area contributed by atoms with Crippen LogP contribution in [-0.2, 0) is 23.8 Å². The lowest BCUT2D eigenvalue weighted by Crippen LogP contribution is -2.45. The first kappa shape index (κ1) is 14.0. The predicted molar refractivity (Wildman–Crippen MR) is 71.3 cm³/mol. The zero-order chi connectivity index (χ0) is 13.3. The van der Waals surface area contributed by atoms with E-state index in [0.717, 1.165) is 4.43 Å². The van der Waals surface area contributed by atoms with E-state index >= 15 is 0 Å². The zero-order valence-corrected chi connectivity index (χ0v) is 12.6. The Balaban J connectivity index is 2.40. The Hall–Kier alpha value is -0.370. The molecule has 1 heterocycles. The molecule has 0 unspecified atom stereocenters. The molecule has 0 aromatic rings. The Morgan fingerprint density at radius 3 is 2.44 bits per heavy atom. The van der Waals surface area contributed by atoms with E-state index in [-0.39, 0.29) is 17.9 Å². The molecule has 18 heavy (non-hydrogen) atoms.